The van der Waals surface area contributed by atoms with Crippen molar-refractivity contribution in [2.24, 2.45) is 0 Å². The molecule has 9 nitrogen and oxygen atoms in total. The molecule has 0 saturated heterocycles. The highest BCUT2D eigenvalue weighted by molar-refractivity contribution is 5.87. The number of carbonyl (C=O) groups is 2. The molecule has 0 radical (unpaired) electrons. The quantitative estimate of drug-likeness (QED) is 0.553. The van der Waals surface area contributed by atoms with Crippen LogP contribution in [-0.2, 0) is 17.6 Å². The van der Waals surface area contributed by atoms with Gasteiger partial charge in [0, 0.05) is 13.0 Å². The van der Waals surface area contributed by atoms with Crippen LogP contribution in [0, 0.1) is 0 Å². The number of anilines is 1. The van der Waals surface area contributed by atoms with Gasteiger partial charge in [-0.3, -0.25) is 5.32 Å². The van der Waals surface area contributed by atoms with E-state index in [1.165, 1.54) is 0 Å². The Morgan fingerprint density at radius 3 is 2.43 bits per heavy atom. The Morgan fingerprint density at radius 1 is 1.19 bits per heavy atom. The Kier molecular flexibility index (Phi) is 6.47. The number of hydrogen-bond donors (Lipinski definition) is 4. The summed E-state index contributed by atoms with van der Waals surface area (Å²) in [6.45, 7) is 3.89. The molecule has 9 heteroatoms. The maximum Gasteiger partial charge on any atom is 0.332 e. The summed E-state index contributed by atoms with van der Waals surface area (Å²) < 4.78 is 0. The first-order valence-corrected chi connectivity index (χ1v) is 6.66. The SMILES string of the molecule is CCc1nnc(NC(=O)NCCC(O)C(=O)O)nc1CC. The molecule has 0 aliphatic carbocycles. The standard InChI is InChI=1S/C12H19N5O4/c1-3-7-8(4-2)16-17-11(14-7)15-12(21)13-6-5-9(18)10(19)20/h9,18H,3-6H2,1-2H3,(H,19,20)(H2,13,14,15,17,21). The Hall–Kier alpha value is -2.29. The van der Waals surface area contributed by atoms with Crippen LogP contribution in [0.15, 0.2) is 0 Å². The smallest absolute Gasteiger partial charge is 0.332 e. The minimum Gasteiger partial charge on any atom is -0.479 e. The molecule has 0 saturated carbocycles. The van der Waals surface area contributed by atoms with E-state index in [2.05, 4.69) is 25.8 Å². The van der Waals surface area contributed by atoms with Gasteiger partial charge in [0.15, 0.2) is 6.10 Å². The van der Waals surface area contributed by atoms with Crippen LogP contribution < -0.4 is 10.6 Å². The normalized spacial score (nSPS) is 11.8. The third-order valence-corrected chi connectivity index (χ3v) is 2.72. The molecule has 1 unspecified atom stereocenters. The van der Waals surface area contributed by atoms with Gasteiger partial charge >= 0.3 is 12.0 Å². The summed E-state index contributed by atoms with van der Waals surface area (Å²) in [7, 11) is 0. The van der Waals surface area contributed by atoms with E-state index in [4.69, 9.17) is 10.2 Å². The van der Waals surface area contributed by atoms with Gasteiger partial charge in [0.2, 0.25) is 0 Å². The number of aliphatic hydroxyl groups excluding tert-OH is 1. The second-order valence-corrected chi connectivity index (χ2v) is 4.26. The topological polar surface area (TPSA) is 137 Å². The van der Waals surface area contributed by atoms with Crippen LogP contribution >= 0.6 is 0 Å². The summed E-state index contributed by atoms with van der Waals surface area (Å²) in [5.41, 5.74) is 1.55. The van der Waals surface area contributed by atoms with Crippen LogP contribution in [0.4, 0.5) is 10.7 Å². The molecule has 1 aromatic heterocycles. The summed E-state index contributed by atoms with van der Waals surface area (Å²) in [6.07, 6.45) is -0.196. The molecule has 21 heavy (non-hydrogen) atoms. The zero-order valence-electron chi connectivity index (χ0n) is 12.0. The number of carboxylic acid groups (broad SMARTS) is 1. The molecular weight excluding hydrogens is 278 g/mol. The molecule has 0 spiro atoms. The fourth-order valence-corrected chi connectivity index (χ4v) is 1.58. The van der Waals surface area contributed by atoms with Gasteiger partial charge in [0.05, 0.1) is 11.4 Å². The number of carbonyl (C=O) groups excluding carboxylic acids is 1. The number of nitrogens with one attached hydrogen (secondary N) is 2. The van der Waals surface area contributed by atoms with Crippen LogP contribution in [0.1, 0.15) is 31.7 Å². The highest BCUT2D eigenvalue weighted by Gasteiger charge is 2.13. The van der Waals surface area contributed by atoms with Crippen molar-refractivity contribution in [3.05, 3.63) is 11.4 Å². The Labute approximate surface area is 121 Å². The highest BCUT2D eigenvalue weighted by atomic mass is 16.4. The first-order chi connectivity index (χ1) is 9.97. The second-order valence-electron chi connectivity index (χ2n) is 4.26. The zero-order valence-corrected chi connectivity index (χ0v) is 12.0. The van der Waals surface area contributed by atoms with Gasteiger partial charge in [0.1, 0.15) is 0 Å². The maximum absolute atomic E-state index is 11.6. The minimum absolute atomic E-state index is 0.0143. The molecule has 1 rings (SSSR count). The molecule has 1 heterocycles. The van der Waals surface area contributed by atoms with E-state index in [1.807, 2.05) is 13.8 Å². The molecule has 0 aliphatic rings. The molecule has 2 amide bonds. The highest BCUT2D eigenvalue weighted by Crippen LogP contribution is 2.06. The molecule has 1 atom stereocenters. The zero-order chi connectivity index (χ0) is 15.8. The fraction of sp³-hybridized carbons (Fsp3) is 0.583. The molecular formula is C12H19N5O4. The Morgan fingerprint density at radius 2 is 1.86 bits per heavy atom. The van der Waals surface area contributed by atoms with Crippen molar-refractivity contribution < 1.29 is 19.8 Å². The largest absolute Gasteiger partial charge is 0.479 e. The monoisotopic (exact) mass is 297 g/mol. The lowest BCUT2D eigenvalue weighted by molar-refractivity contribution is -0.146. The Balaban J connectivity index is 2.49. The van der Waals surface area contributed by atoms with Crippen LogP contribution in [-0.4, -0.2) is 50.0 Å². The van der Waals surface area contributed by atoms with Crippen molar-refractivity contribution in [1.29, 1.82) is 0 Å². The number of urea groups is 1. The van der Waals surface area contributed by atoms with E-state index in [1.54, 1.807) is 0 Å². The van der Waals surface area contributed by atoms with Crippen LogP contribution in [0.3, 0.4) is 0 Å². The van der Waals surface area contributed by atoms with Gasteiger partial charge in [-0.05, 0) is 12.8 Å². The number of aromatic nitrogens is 3. The van der Waals surface area contributed by atoms with Crippen molar-refractivity contribution in [2.75, 3.05) is 11.9 Å². The molecule has 0 aromatic carbocycles. The summed E-state index contributed by atoms with van der Waals surface area (Å²) in [5, 5.41) is 30.1. The van der Waals surface area contributed by atoms with Crippen molar-refractivity contribution >= 4 is 17.9 Å². The summed E-state index contributed by atoms with van der Waals surface area (Å²) in [6, 6.07) is -0.583. The molecule has 1 aromatic rings. The second kappa shape index (κ2) is 8.10. The van der Waals surface area contributed by atoms with E-state index in [0.717, 1.165) is 11.4 Å². The molecule has 0 bridgehead atoms. The minimum atomic E-state index is -1.50. The van der Waals surface area contributed by atoms with E-state index < -0.39 is 18.1 Å². The van der Waals surface area contributed by atoms with Gasteiger partial charge in [0.25, 0.3) is 5.95 Å². The number of amides is 2. The van der Waals surface area contributed by atoms with Crippen molar-refractivity contribution in [1.82, 2.24) is 20.5 Å². The van der Waals surface area contributed by atoms with E-state index in [9.17, 15) is 9.59 Å². The Bertz CT molecular complexity index is 508. The summed E-state index contributed by atoms with van der Waals surface area (Å²) in [4.78, 5) is 26.1. The number of rotatable bonds is 7. The summed E-state index contributed by atoms with van der Waals surface area (Å²) in [5.74, 6) is -1.24. The van der Waals surface area contributed by atoms with Gasteiger partial charge in [-0.15, -0.1) is 10.2 Å². The lowest BCUT2D eigenvalue weighted by Crippen LogP contribution is -2.33. The predicted molar refractivity (Wildman–Crippen MR) is 73.9 cm³/mol. The first kappa shape index (κ1) is 16.8. The predicted octanol–water partition coefficient (Wildman–Crippen LogP) is -0.0465. The lowest BCUT2D eigenvalue weighted by atomic mass is 10.2. The molecule has 116 valence electrons. The van der Waals surface area contributed by atoms with Crippen LogP contribution in [0.5, 0.6) is 0 Å². The number of aryl methyl sites for hydroxylation is 2. The molecule has 0 aliphatic heterocycles. The van der Waals surface area contributed by atoms with Crippen molar-refractivity contribution in [3.63, 3.8) is 0 Å². The third-order valence-electron chi connectivity index (χ3n) is 2.72. The van der Waals surface area contributed by atoms with E-state index in [-0.39, 0.29) is 18.9 Å². The molecule has 0 fully saturated rings. The van der Waals surface area contributed by atoms with Gasteiger partial charge in [-0.2, -0.15) is 0 Å². The number of hydrogen-bond acceptors (Lipinski definition) is 6. The average molecular weight is 297 g/mol. The van der Waals surface area contributed by atoms with Gasteiger partial charge < -0.3 is 15.5 Å². The maximum atomic E-state index is 11.6. The van der Waals surface area contributed by atoms with E-state index in [0.29, 0.717) is 12.8 Å². The average Bonchev–Trinajstić information content (AvgIpc) is 2.46. The van der Waals surface area contributed by atoms with E-state index >= 15 is 0 Å². The fourth-order valence-electron chi connectivity index (χ4n) is 1.58. The van der Waals surface area contributed by atoms with Crippen LogP contribution in [0.2, 0.25) is 0 Å². The summed E-state index contributed by atoms with van der Waals surface area (Å²) >= 11 is 0. The number of nitrogens with zero attached hydrogens (tertiary/aromatic N) is 3. The van der Waals surface area contributed by atoms with Crippen molar-refractivity contribution in [2.45, 2.75) is 39.2 Å². The third kappa shape index (κ3) is 5.30. The molecule has 4 N–H and O–H groups in total. The van der Waals surface area contributed by atoms with Crippen molar-refractivity contribution in [3.8, 4) is 0 Å². The number of aliphatic carboxylic acids is 1. The van der Waals surface area contributed by atoms with Gasteiger partial charge in [-0.25, -0.2) is 14.6 Å². The van der Waals surface area contributed by atoms with Gasteiger partial charge in [-0.1, -0.05) is 13.8 Å². The lowest BCUT2D eigenvalue weighted by Gasteiger charge is -2.09. The number of aliphatic hydroxyl groups is 1. The van der Waals surface area contributed by atoms with Crippen LogP contribution in [0.25, 0.3) is 0 Å². The first-order valence-electron chi connectivity index (χ1n) is 6.66. The number of carboxylic acids is 1.